The molecule has 0 aromatic heterocycles. The minimum atomic E-state index is -0.354. The molecule has 0 fully saturated rings. The van der Waals surface area contributed by atoms with E-state index in [0.29, 0.717) is 11.3 Å². The van der Waals surface area contributed by atoms with Gasteiger partial charge in [0.05, 0.1) is 13.0 Å². The van der Waals surface area contributed by atoms with Crippen LogP contribution in [0.3, 0.4) is 0 Å². The van der Waals surface area contributed by atoms with Crippen molar-refractivity contribution in [2.75, 3.05) is 5.32 Å². The molecule has 4 heteroatoms. The second-order valence-electron chi connectivity index (χ2n) is 4.21. The summed E-state index contributed by atoms with van der Waals surface area (Å²) < 4.78 is 13.0. The number of anilines is 1. The normalized spacial score (nSPS) is 10.2. The molecular formula is C15H14FNO2. The van der Waals surface area contributed by atoms with Crippen molar-refractivity contribution in [3.63, 3.8) is 0 Å². The molecule has 19 heavy (non-hydrogen) atoms. The molecule has 0 saturated heterocycles. The minimum absolute atomic E-state index is 0.0758. The van der Waals surface area contributed by atoms with Crippen molar-refractivity contribution < 1.29 is 14.3 Å². The number of benzene rings is 2. The van der Waals surface area contributed by atoms with Crippen molar-refractivity contribution in [2.24, 2.45) is 0 Å². The highest BCUT2D eigenvalue weighted by Gasteiger charge is 2.05. The molecule has 2 rings (SSSR count). The molecule has 0 atom stereocenters. The molecule has 2 aromatic carbocycles. The van der Waals surface area contributed by atoms with E-state index in [9.17, 15) is 9.18 Å². The van der Waals surface area contributed by atoms with Crippen LogP contribution < -0.4 is 5.32 Å². The minimum Gasteiger partial charge on any atom is -0.392 e. The molecule has 3 nitrogen and oxygen atoms in total. The van der Waals surface area contributed by atoms with Crippen molar-refractivity contribution in [1.29, 1.82) is 0 Å². The third-order valence-corrected chi connectivity index (χ3v) is 2.65. The van der Waals surface area contributed by atoms with E-state index >= 15 is 0 Å². The average Bonchev–Trinajstić information content (AvgIpc) is 2.38. The van der Waals surface area contributed by atoms with E-state index < -0.39 is 0 Å². The maximum Gasteiger partial charge on any atom is 0.228 e. The molecule has 0 radical (unpaired) electrons. The Morgan fingerprint density at radius 1 is 1.11 bits per heavy atom. The molecule has 0 saturated carbocycles. The highest BCUT2D eigenvalue weighted by atomic mass is 19.1. The molecule has 98 valence electrons. The number of carbonyl (C=O) groups excluding carboxylic acids is 1. The van der Waals surface area contributed by atoms with Crippen molar-refractivity contribution in [2.45, 2.75) is 13.0 Å². The first-order valence-corrected chi connectivity index (χ1v) is 5.91. The number of amides is 1. The average molecular weight is 259 g/mol. The van der Waals surface area contributed by atoms with Gasteiger partial charge in [0, 0.05) is 5.69 Å². The number of nitrogens with one attached hydrogen (secondary N) is 1. The van der Waals surface area contributed by atoms with Gasteiger partial charge in [0.25, 0.3) is 0 Å². The molecule has 0 unspecified atom stereocenters. The topological polar surface area (TPSA) is 49.3 Å². The van der Waals surface area contributed by atoms with Crippen LogP contribution >= 0.6 is 0 Å². The van der Waals surface area contributed by atoms with Gasteiger partial charge in [-0.25, -0.2) is 4.39 Å². The van der Waals surface area contributed by atoms with Crippen LogP contribution in [0.2, 0.25) is 0 Å². The van der Waals surface area contributed by atoms with E-state index in [1.165, 1.54) is 12.1 Å². The second kappa shape index (κ2) is 6.11. The van der Waals surface area contributed by atoms with Gasteiger partial charge in [0.2, 0.25) is 5.91 Å². The van der Waals surface area contributed by atoms with Crippen LogP contribution in [0.5, 0.6) is 0 Å². The summed E-state index contributed by atoms with van der Waals surface area (Å²) >= 11 is 0. The molecule has 0 aliphatic carbocycles. The van der Waals surface area contributed by atoms with E-state index in [1.807, 2.05) is 0 Å². The molecule has 1 amide bonds. The molecule has 0 aliphatic rings. The van der Waals surface area contributed by atoms with Crippen molar-refractivity contribution >= 4 is 11.6 Å². The fourth-order valence-corrected chi connectivity index (χ4v) is 1.78. The number of halogens is 1. The van der Waals surface area contributed by atoms with E-state index in [0.717, 1.165) is 5.56 Å². The van der Waals surface area contributed by atoms with E-state index in [4.69, 9.17) is 5.11 Å². The Hall–Kier alpha value is -2.20. The largest absolute Gasteiger partial charge is 0.392 e. The van der Waals surface area contributed by atoms with Gasteiger partial charge in [-0.05, 0) is 35.4 Å². The molecule has 0 heterocycles. The monoisotopic (exact) mass is 259 g/mol. The Balaban J connectivity index is 2.01. The second-order valence-corrected chi connectivity index (χ2v) is 4.21. The van der Waals surface area contributed by atoms with E-state index in [-0.39, 0.29) is 24.8 Å². The maximum atomic E-state index is 13.0. The Kier molecular flexibility index (Phi) is 4.26. The van der Waals surface area contributed by atoms with Gasteiger partial charge in [-0.3, -0.25) is 4.79 Å². The zero-order chi connectivity index (χ0) is 13.7. The van der Waals surface area contributed by atoms with Crippen LogP contribution in [0, 0.1) is 5.82 Å². The van der Waals surface area contributed by atoms with Crippen molar-refractivity contribution in [1.82, 2.24) is 0 Å². The van der Waals surface area contributed by atoms with Crippen LogP contribution in [0.25, 0.3) is 0 Å². The van der Waals surface area contributed by atoms with Gasteiger partial charge in [-0.1, -0.05) is 24.3 Å². The lowest BCUT2D eigenvalue weighted by molar-refractivity contribution is -0.115. The quantitative estimate of drug-likeness (QED) is 0.886. The molecule has 2 N–H and O–H groups in total. The lowest BCUT2D eigenvalue weighted by Crippen LogP contribution is -2.14. The fourth-order valence-electron chi connectivity index (χ4n) is 1.78. The fraction of sp³-hybridized carbons (Fsp3) is 0.133. The third-order valence-electron chi connectivity index (χ3n) is 2.65. The summed E-state index contributed by atoms with van der Waals surface area (Å²) in [7, 11) is 0. The first-order chi connectivity index (χ1) is 9.17. The first kappa shape index (κ1) is 13.2. The molecule has 2 aromatic rings. The number of rotatable bonds is 4. The van der Waals surface area contributed by atoms with Crippen LogP contribution in [-0.2, 0) is 17.8 Å². The van der Waals surface area contributed by atoms with Crippen LogP contribution in [0.15, 0.2) is 48.5 Å². The Bertz CT molecular complexity index is 584. The zero-order valence-corrected chi connectivity index (χ0v) is 10.3. The molecule has 0 bridgehead atoms. The van der Waals surface area contributed by atoms with Gasteiger partial charge in [-0.2, -0.15) is 0 Å². The molecule has 0 aliphatic heterocycles. The smallest absolute Gasteiger partial charge is 0.228 e. The maximum absolute atomic E-state index is 13.0. The summed E-state index contributed by atoms with van der Waals surface area (Å²) in [6, 6.07) is 12.9. The predicted molar refractivity (Wildman–Crippen MR) is 71.1 cm³/mol. The van der Waals surface area contributed by atoms with Crippen LogP contribution in [0.4, 0.5) is 10.1 Å². The Morgan fingerprint density at radius 3 is 2.58 bits per heavy atom. The highest BCUT2D eigenvalue weighted by molar-refractivity contribution is 5.92. The van der Waals surface area contributed by atoms with Crippen molar-refractivity contribution in [3.05, 3.63) is 65.5 Å². The van der Waals surface area contributed by atoms with E-state index in [1.54, 1.807) is 36.4 Å². The summed E-state index contributed by atoms with van der Waals surface area (Å²) in [6.45, 7) is -0.0758. The predicted octanol–water partition coefficient (Wildman–Crippen LogP) is 2.50. The number of hydrogen-bond donors (Lipinski definition) is 2. The van der Waals surface area contributed by atoms with Gasteiger partial charge < -0.3 is 10.4 Å². The van der Waals surface area contributed by atoms with Gasteiger partial charge >= 0.3 is 0 Å². The number of aliphatic hydroxyl groups is 1. The van der Waals surface area contributed by atoms with Gasteiger partial charge in [0.1, 0.15) is 5.82 Å². The van der Waals surface area contributed by atoms with Crippen LogP contribution in [-0.4, -0.2) is 11.0 Å². The standard InChI is InChI=1S/C15H14FNO2/c16-13-5-1-3-11(7-13)9-15(19)17-14-6-2-4-12(8-14)10-18/h1-8,18H,9-10H2,(H,17,19). The number of aliphatic hydroxyl groups excluding tert-OH is 1. The summed E-state index contributed by atoms with van der Waals surface area (Å²) in [5.41, 5.74) is 1.97. The van der Waals surface area contributed by atoms with Gasteiger partial charge in [-0.15, -0.1) is 0 Å². The lowest BCUT2D eigenvalue weighted by Gasteiger charge is -2.06. The lowest BCUT2D eigenvalue weighted by atomic mass is 10.1. The first-order valence-electron chi connectivity index (χ1n) is 5.91. The van der Waals surface area contributed by atoms with E-state index in [2.05, 4.69) is 5.32 Å². The Labute approximate surface area is 110 Å². The SMILES string of the molecule is O=C(Cc1cccc(F)c1)Nc1cccc(CO)c1. The van der Waals surface area contributed by atoms with Crippen molar-refractivity contribution in [3.8, 4) is 0 Å². The number of carbonyl (C=O) groups is 1. The van der Waals surface area contributed by atoms with Crippen LogP contribution in [0.1, 0.15) is 11.1 Å². The summed E-state index contributed by atoms with van der Waals surface area (Å²) in [6.07, 6.45) is 0.112. The summed E-state index contributed by atoms with van der Waals surface area (Å²) in [5, 5.41) is 11.7. The van der Waals surface area contributed by atoms with Gasteiger partial charge in [0.15, 0.2) is 0 Å². The Morgan fingerprint density at radius 2 is 1.84 bits per heavy atom. The summed E-state index contributed by atoms with van der Waals surface area (Å²) in [5.74, 6) is -0.576. The third kappa shape index (κ3) is 3.89. The highest BCUT2D eigenvalue weighted by Crippen LogP contribution is 2.12. The molecule has 0 spiro atoms. The zero-order valence-electron chi connectivity index (χ0n) is 10.3. The molecular weight excluding hydrogens is 245 g/mol. The summed E-state index contributed by atoms with van der Waals surface area (Å²) in [4.78, 5) is 11.8. The number of hydrogen-bond acceptors (Lipinski definition) is 2.